The molecule has 2 aromatic rings. The van der Waals surface area contributed by atoms with Crippen molar-refractivity contribution < 1.29 is 19.1 Å². The molecule has 1 heterocycles. The smallest absolute Gasteiger partial charge is 0.286 e. The van der Waals surface area contributed by atoms with E-state index in [1.54, 1.807) is 19.3 Å². The first-order valence-electron chi connectivity index (χ1n) is 8.71. The molecule has 0 spiro atoms. The van der Waals surface area contributed by atoms with Gasteiger partial charge < -0.3 is 14.8 Å². The normalized spacial score (nSPS) is 14.7. The van der Waals surface area contributed by atoms with Gasteiger partial charge in [-0.1, -0.05) is 29.8 Å². The molecule has 0 bridgehead atoms. The molecule has 0 fully saturated rings. The first-order valence-corrected chi connectivity index (χ1v) is 10.3. The highest BCUT2D eigenvalue weighted by atomic mass is 79.9. The van der Waals surface area contributed by atoms with Gasteiger partial charge in [-0.3, -0.25) is 9.59 Å². The Labute approximate surface area is 181 Å². The summed E-state index contributed by atoms with van der Waals surface area (Å²) < 4.78 is 12.1. The third-order valence-electron chi connectivity index (χ3n) is 3.96. The van der Waals surface area contributed by atoms with E-state index in [2.05, 4.69) is 26.2 Å². The quantitative estimate of drug-likeness (QED) is 0.647. The second kappa shape index (κ2) is 9.28. The van der Waals surface area contributed by atoms with Gasteiger partial charge in [0.1, 0.15) is 6.61 Å². The third kappa shape index (κ3) is 5.48. The maximum Gasteiger partial charge on any atom is 0.286 e. The predicted octanol–water partition coefficient (Wildman–Crippen LogP) is 4.45. The number of amidine groups is 1. The van der Waals surface area contributed by atoms with E-state index in [0.29, 0.717) is 27.5 Å². The number of nitrogens with one attached hydrogen (secondary N) is 1. The maximum absolute atomic E-state index is 12.1. The summed E-state index contributed by atoms with van der Waals surface area (Å²) in [5, 5.41) is 2.80. The molecule has 3 rings (SSSR count). The molecule has 1 aliphatic rings. The van der Waals surface area contributed by atoms with Gasteiger partial charge in [0.2, 0.25) is 5.91 Å². The van der Waals surface area contributed by atoms with Crippen molar-refractivity contribution in [2.24, 2.45) is 4.99 Å². The highest BCUT2D eigenvalue weighted by molar-refractivity contribution is 9.10. The van der Waals surface area contributed by atoms with Gasteiger partial charge in [-0.05, 0) is 64.0 Å². The molecule has 0 unspecified atom stereocenters. The number of aryl methyl sites for hydroxylation is 1. The largest absolute Gasteiger partial charge is 0.493 e. The molecule has 1 N–H and O–H groups in total. The van der Waals surface area contributed by atoms with Gasteiger partial charge in [0, 0.05) is 6.92 Å². The molecule has 2 aromatic carbocycles. The first-order chi connectivity index (χ1) is 13.9. The van der Waals surface area contributed by atoms with Gasteiger partial charge in [-0.15, -0.1) is 0 Å². The minimum atomic E-state index is -0.395. The van der Waals surface area contributed by atoms with Gasteiger partial charge in [0.25, 0.3) is 5.91 Å². The fourth-order valence-corrected chi connectivity index (χ4v) is 4.00. The fraction of sp³-hybridized carbons (Fsp3) is 0.190. The number of halogens is 1. The Bertz CT molecular complexity index is 1020. The molecular weight excluding hydrogens is 456 g/mol. The lowest BCUT2D eigenvalue weighted by Gasteiger charge is -2.14. The molecule has 0 aliphatic carbocycles. The Morgan fingerprint density at radius 3 is 2.66 bits per heavy atom. The summed E-state index contributed by atoms with van der Waals surface area (Å²) in [4.78, 5) is 27.5. The summed E-state index contributed by atoms with van der Waals surface area (Å²) in [6.07, 6.45) is 1.70. The molecule has 1 aliphatic heterocycles. The van der Waals surface area contributed by atoms with E-state index in [1.807, 2.05) is 37.3 Å². The van der Waals surface area contributed by atoms with Crippen molar-refractivity contribution in [2.45, 2.75) is 20.5 Å². The highest BCUT2D eigenvalue weighted by Gasteiger charge is 2.23. The van der Waals surface area contributed by atoms with Gasteiger partial charge in [-0.25, -0.2) is 0 Å². The molecule has 0 aromatic heterocycles. The Balaban J connectivity index is 1.79. The molecule has 6 nitrogen and oxygen atoms in total. The average molecular weight is 475 g/mol. The van der Waals surface area contributed by atoms with Crippen molar-refractivity contribution >= 4 is 50.7 Å². The molecular formula is C21H19BrN2O4S. The van der Waals surface area contributed by atoms with E-state index in [0.717, 1.165) is 22.9 Å². The number of amides is 2. The van der Waals surface area contributed by atoms with Gasteiger partial charge in [0.05, 0.1) is 16.5 Å². The second-order valence-electron chi connectivity index (χ2n) is 6.32. The zero-order valence-electron chi connectivity index (χ0n) is 16.1. The van der Waals surface area contributed by atoms with Gasteiger partial charge in [-0.2, -0.15) is 4.99 Å². The number of nitrogens with zero attached hydrogens (tertiary/aromatic N) is 1. The number of carbonyl (C=O) groups excluding carboxylic acids is 2. The lowest BCUT2D eigenvalue weighted by molar-refractivity contribution is -0.117. The van der Waals surface area contributed by atoms with Crippen LogP contribution in [0, 0.1) is 6.92 Å². The number of benzene rings is 2. The van der Waals surface area contributed by atoms with Gasteiger partial charge >= 0.3 is 0 Å². The van der Waals surface area contributed by atoms with Crippen LogP contribution in [0.5, 0.6) is 11.5 Å². The van der Waals surface area contributed by atoms with Crippen LogP contribution < -0.4 is 14.8 Å². The van der Waals surface area contributed by atoms with Crippen LogP contribution in [-0.4, -0.2) is 24.1 Å². The number of methoxy groups -OCH3 is 1. The van der Waals surface area contributed by atoms with Crippen LogP contribution in [0.25, 0.3) is 6.08 Å². The molecule has 0 saturated heterocycles. The summed E-state index contributed by atoms with van der Waals surface area (Å²) in [5.41, 5.74) is 2.98. The highest BCUT2D eigenvalue weighted by Crippen LogP contribution is 2.38. The zero-order valence-corrected chi connectivity index (χ0v) is 18.5. The summed E-state index contributed by atoms with van der Waals surface area (Å²) in [6, 6.07) is 11.7. The molecule has 0 saturated carbocycles. The van der Waals surface area contributed by atoms with Crippen LogP contribution >= 0.6 is 27.7 Å². The van der Waals surface area contributed by atoms with Crippen LogP contribution in [0.4, 0.5) is 0 Å². The molecule has 150 valence electrons. The van der Waals surface area contributed by atoms with Gasteiger partial charge in [0.15, 0.2) is 16.7 Å². The number of ether oxygens (including phenoxy) is 2. The van der Waals surface area contributed by atoms with Crippen molar-refractivity contribution in [3.63, 3.8) is 0 Å². The second-order valence-corrected chi connectivity index (χ2v) is 8.21. The lowest BCUT2D eigenvalue weighted by atomic mass is 10.1. The zero-order chi connectivity index (χ0) is 21.0. The summed E-state index contributed by atoms with van der Waals surface area (Å²) in [6.45, 7) is 3.81. The fourth-order valence-electron chi connectivity index (χ4n) is 2.57. The Hall–Kier alpha value is -2.58. The maximum atomic E-state index is 12.1. The van der Waals surface area contributed by atoms with Crippen LogP contribution in [-0.2, 0) is 16.2 Å². The third-order valence-corrected chi connectivity index (χ3v) is 5.44. The molecule has 0 radical (unpaired) electrons. The topological polar surface area (TPSA) is 77.0 Å². The van der Waals surface area contributed by atoms with Crippen LogP contribution in [0.2, 0.25) is 0 Å². The Morgan fingerprint density at radius 2 is 2.00 bits per heavy atom. The van der Waals surface area contributed by atoms with Crippen molar-refractivity contribution in [3.05, 3.63) is 62.5 Å². The van der Waals surface area contributed by atoms with Crippen molar-refractivity contribution in [3.8, 4) is 11.5 Å². The van der Waals surface area contributed by atoms with Crippen LogP contribution in [0.1, 0.15) is 23.6 Å². The predicted molar refractivity (Wildman–Crippen MR) is 118 cm³/mol. The van der Waals surface area contributed by atoms with E-state index < -0.39 is 5.91 Å². The first kappa shape index (κ1) is 21.1. The van der Waals surface area contributed by atoms with Crippen molar-refractivity contribution in [1.29, 1.82) is 0 Å². The summed E-state index contributed by atoms with van der Waals surface area (Å²) in [5.74, 6) is 0.450. The monoisotopic (exact) mass is 474 g/mol. The number of hydrogen-bond acceptors (Lipinski definition) is 5. The van der Waals surface area contributed by atoms with E-state index in [9.17, 15) is 9.59 Å². The van der Waals surface area contributed by atoms with E-state index in [4.69, 9.17) is 9.47 Å². The lowest BCUT2D eigenvalue weighted by Crippen LogP contribution is -2.23. The summed E-state index contributed by atoms with van der Waals surface area (Å²) in [7, 11) is 1.56. The van der Waals surface area contributed by atoms with E-state index >= 15 is 0 Å². The molecule has 2 amide bonds. The number of rotatable bonds is 5. The molecule has 29 heavy (non-hydrogen) atoms. The van der Waals surface area contributed by atoms with E-state index in [-0.39, 0.29) is 11.1 Å². The Kier molecular flexibility index (Phi) is 6.76. The minimum Gasteiger partial charge on any atom is -0.493 e. The number of thioether (sulfide) groups is 1. The van der Waals surface area contributed by atoms with Crippen LogP contribution in [0.3, 0.4) is 0 Å². The van der Waals surface area contributed by atoms with Crippen molar-refractivity contribution in [2.75, 3.05) is 7.11 Å². The number of hydrogen-bond donors (Lipinski definition) is 1. The SMILES string of the molecule is COc1cc(C=C2SC(NC(C)=O)=NC2=O)cc(Br)c1OCc1ccc(C)cc1. The average Bonchev–Trinajstić information content (AvgIpc) is 2.99. The molecule has 0 atom stereocenters. The summed E-state index contributed by atoms with van der Waals surface area (Å²) >= 11 is 4.64. The number of carbonyl (C=O) groups is 2. The van der Waals surface area contributed by atoms with Crippen molar-refractivity contribution in [1.82, 2.24) is 5.32 Å². The minimum absolute atomic E-state index is 0.273. The Morgan fingerprint density at radius 1 is 1.28 bits per heavy atom. The number of aliphatic imine (C=N–C) groups is 1. The van der Waals surface area contributed by atoms with Crippen LogP contribution in [0.15, 0.2) is 50.8 Å². The standard InChI is InChI=1S/C21H19BrN2O4S/c1-12-4-6-14(7-5-12)11-28-19-16(22)8-15(9-17(19)27-3)10-18-20(26)24-21(29-18)23-13(2)25/h4-10H,11H2,1-3H3,(H,23,24,25,26). The van der Waals surface area contributed by atoms with E-state index in [1.165, 1.54) is 12.5 Å². The molecule has 8 heteroatoms.